The van der Waals surface area contributed by atoms with E-state index in [1.165, 1.54) is 80.9 Å². The maximum absolute atomic E-state index is 5.00. The van der Waals surface area contributed by atoms with Crippen molar-refractivity contribution in [1.29, 1.82) is 0 Å². The molecule has 0 atom stereocenters. The van der Waals surface area contributed by atoms with Gasteiger partial charge in [-0.2, -0.15) is 0 Å². The van der Waals surface area contributed by atoms with E-state index in [0.717, 1.165) is 12.8 Å². The lowest BCUT2D eigenvalue weighted by atomic mass is 9.69. The summed E-state index contributed by atoms with van der Waals surface area (Å²) >= 11 is 0. The highest BCUT2D eigenvalue weighted by atomic mass is 14.4. The van der Waals surface area contributed by atoms with Gasteiger partial charge in [-0.25, -0.2) is 0 Å². The monoisotopic (exact) mass is 571 g/mol. The van der Waals surface area contributed by atoms with Crippen molar-refractivity contribution in [2.45, 2.75) is 153 Å². The average Bonchev–Trinajstić information content (AvgIpc) is 3.49. The van der Waals surface area contributed by atoms with Gasteiger partial charge in [0, 0.05) is 0 Å². The van der Waals surface area contributed by atoms with Crippen LogP contribution in [0.15, 0.2) is 82.0 Å². The van der Waals surface area contributed by atoms with Crippen LogP contribution < -0.4 is 0 Å². The standard InChI is InChI=1S/C29H44.C8H12.C5H10/c1-10-13-23(27(11-2)29(8,9)12-3)19-26-22(5)15-14-21(4)18-24-20-28(6,7)17-16-25(24)26;1-5-6-7-8(2,3)4;1-2-4-5-3-1/h10-11,13,18H,1,12,14-17,19-20H2,2-9H3;1,6-7H,2-4H3;1-5H2/b21-18-,23-13-,26-22-,27-11+;7-6-;. The maximum atomic E-state index is 5.00. The Labute approximate surface area is 263 Å². The van der Waals surface area contributed by atoms with E-state index in [4.69, 9.17) is 6.42 Å². The fourth-order valence-corrected chi connectivity index (χ4v) is 6.20. The van der Waals surface area contributed by atoms with E-state index >= 15 is 0 Å². The number of terminal acetylenes is 1. The smallest absolute Gasteiger partial charge is 0.00207 e. The van der Waals surface area contributed by atoms with Gasteiger partial charge >= 0.3 is 0 Å². The highest BCUT2D eigenvalue weighted by Gasteiger charge is 2.30. The topological polar surface area (TPSA) is 0 Å². The number of hydrogen-bond donors (Lipinski definition) is 0. The van der Waals surface area contributed by atoms with E-state index in [-0.39, 0.29) is 10.8 Å². The van der Waals surface area contributed by atoms with Crippen LogP contribution in [0, 0.1) is 28.6 Å². The molecule has 0 nitrogen and oxygen atoms in total. The average molecular weight is 571 g/mol. The zero-order valence-electron chi connectivity index (χ0n) is 29.7. The molecule has 42 heavy (non-hydrogen) atoms. The zero-order chi connectivity index (χ0) is 32.0. The highest BCUT2D eigenvalue weighted by Crippen LogP contribution is 2.46. The van der Waals surface area contributed by atoms with Crippen LogP contribution in [0.3, 0.4) is 0 Å². The summed E-state index contributed by atoms with van der Waals surface area (Å²) in [5, 5.41) is 0. The molecule has 0 aromatic carbocycles. The molecule has 0 unspecified atom stereocenters. The van der Waals surface area contributed by atoms with Gasteiger partial charge in [0.05, 0.1) is 0 Å². The summed E-state index contributed by atoms with van der Waals surface area (Å²) in [4.78, 5) is 0. The Bertz CT molecular complexity index is 1090. The first-order valence-electron chi connectivity index (χ1n) is 16.8. The summed E-state index contributed by atoms with van der Waals surface area (Å²) in [6, 6.07) is 0. The summed E-state index contributed by atoms with van der Waals surface area (Å²) in [5.41, 5.74) is 11.7. The first kappa shape index (κ1) is 37.8. The Kier molecular flexibility index (Phi) is 16.0. The number of allylic oxidation sites excluding steroid dienone is 13. The SMILES string of the molecule is C#C/C=C\C(C)(C)C.C1CCCC1.C=C/C=C(C/C1=C(\C)CC/C(C)=C\C2=C1CCC(C)(C)C2)\C(=C/C)C(C)(C)CC. The van der Waals surface area contributed by atoms with E-state index in [1.54, 1.807) is 28.4 Å². The van der Waals surface area contributed by atoms with Gasteiger partial charge < -0.3 is 0 Å². The maximum Gasteiger partial charge on any atom is -0.00207 e. The van der Waals surface area contributed by atoms with Crippen LogP contribution in [0.5, 0.6) is 0 Å². The molecule has 1 fully saturated rings. The van der Waals surface area contributed by atoms with Gasteiger partial charge in [-0.3, -0.25) is 0 Å². The Morgan fingerprint density at radius 3 is 2.05 bits per heavy atom. The van der Waals surface area contributed by atoms with Crippen molar-refractivity contribution in [3.8, 4) is 12.3 Å². The van der Waals surface area contributed by atoms with Crippen molar-refractivity contribution in [2.75, 3.05) is 0 Å². The second-order valence-corrected chi connectivity index (χ2v) is 15.3. The molecule has 3 aliphatic carbocycles. The molecule has 0 N–H and O–H groups in total. The second kappa shape index (κ2) is 17.8. The highest BCUT2D eigenvalue weighted by molar-refractivity contribution is 5.51. The van der Waals surface area contributed by atoms with E-state index in [1.807, 2.05) is 12.2 Å². The molecule has 0 aromatic heterocycles. The summed E-state index contributed by atoms with van der Waals surface area (Å²) in [6.45, 7) is 29.2. The molecule has 3 aliphatic rings. The molecule has 0 spiro atoms. The lowest BCUT2D eigenvalue weighted by Gasteiger charge is -2.36. The first-order chi connectivity index (χ1) is 19.6. The van der Waals surface area contributed by atoms with Crippen molar-refractivity contribution in [1.82, 2.24) is 0 Å². The Balaban J connectivity index is 0.000000556. The van der Waals surface area contributed by atoms with E-state index in [9.17, 15) is 0 Å². The Hall–Kier alpha value is -2.26. The molecular formula is C42H66. The Morgan fingerprint density at radius 1 is 1.00 bits per heavy atom. The second-order valence-electron chi connectivity index (χ2n) is 15.3. The van der Waals surface area contributed by atoms with Crippen molar-refractivity contribution in [2.24, 2.45) is 16.2 Å². The summed E-state index contributed by atoms with van der Waals surface area (Å²) in [5.74, 6) is 2.44. The molecule has 0 saturated heterocycles. The molecule has 3 rings (SSSR count). The van der Waals surface area contributed by atoms with Gasteiger partial charge in [0.1, 0.15) is 0 Å². The molecule has 0 bridgehead atoms. The van der Waals surface area contributed by atoms with Crippen LogP contribution >= 0.6 is 0 Å². The molecule has 0 heterocycles. The van der Waals surface area contributed by atoms with Gasteiger partial charge in [-0.05, 0) is 116 Å². The van der Waals surface area contributed by atoms with Crippen LogP contribution in [0.2, 0.25) is 0 Å². The normalized spacial score (nSPS) is 22.9. The Morgan fingerprint density at radius 2 is 1.60 bits per heavy atom. The van der Waals surface area contributed by atoms with Crippen LogP contribution in [0.25, 0.3) is 0 Å². The molecule has 0 aliphatic heterocycles. The quantitative estimate of drug-likeness (QED) is 0.220. The van der Waals surface area contributed by atoms with Crippen molar-refractivity contribution < 1.29 is 0 Å². The molecule has 234 valence electrons. The minimum Gasteiger partial charge on any atom is -0.115 e. The fraction of sp³-hybridized carbons (Fsp3) is 0.619. The molecule has 1 saturated carbocycles. The molecule has 0 radical (unpaired) electrons. The van der Waals surface area contributed by atoms with Crippen LogP contribution in [-0.2, 0) is 0 Å². The van der Waals surface area contributed by atoms with E-state index < -0.39 is 0 Å². The number of hydrogen-bond acceptors (Lipinski definition) is 0. The minimum absolute atomic E-state index is 0.182. The van der Waals surface area contributed by atoms with Gasteiger partial charge in [0.15, 0.2) is 0 Å². The van der Waals surface area contributed by atoms with Gasteiger partial charge in [0.25, 0.3) is 0 Å². The van der Waals surface area contributed by atoms with Crippen LogP contribution in [0.4, 0.5) is 0 Å². The van der Waals surface area contributed by atoms with Crippen molar-refractivity contribution >= 4 is 0 Å². The third-order valence-corrected chi connectivity index (χ3v) is 9.17. The predicted octanol–water partition coefficient (Wildman–Crippen LogP) is 13.6. The lowest BCUT2D eigenvalue weighted by Crippen LogP contribution is -2.20. The third-order valence-electron chi connectivity index (χ3n) is 9.17. The van der Waals surface area contributed by atoms with Gasteiger partial charge in [-0.1, -0.05) is 142 Å². The number of rotatable bonds is 6. The van der Waals surface area contributed by atoms with E-state index in [0.29, 0.717) is 5.41 Å². The zero-order valence-corrected chi connectivity index (χ0v) is 29.7. The van der Waals surface area contributed by atoms with Crippen molar-refractivity contribution in [3.63, 3.8) is 0 Å². The minimum atomic E-state index is 0.182. The predicted molar refractivity (Wildman–Crippen MR) is 192 cm³/mol. The first-order valence-corrected chi connectivity index (χ1v) is 16.8. The van der Waals surface area contributed by atoms with Crippen molar-refractivity contribution in [3.05, 3.63) is 82.0 Å². The molecule has 0 aromatic rings. The summed E-state index contributed by atoms with van der Waals surface area (Å²) in [6.07, 6.45) is 33.6. The lowest BCUT2D eigenvalue weighted by molar-refractivity contribution is 0.317. The van der Waals surface area contributed by atoms with E-state index in [2.05, 4.69) is 107 Å². The van der Waals surface area contributed by atoms with Gasteiger partial charge in [0.2, 0.25) is 0 Å². The fourth-order valence-electron chi connectivity index (χ4n) is 6.20. The van der Waals surface area contributed by atoms with Crippen LogP contribution in [-0.4, -0.2) is 0 Å². The third kappa shape index (κ3) is 13.4. The molecular weight excluding hydrogens is 504 g/mol. The molecule has 0 amide bonds. The largest absolute Gasteiger partial charge is 0.115 e. The summed E-state index contributed by atoms with van der Waals surface area (Å²) in [7, 11) is 0. The molecule has 0 heteroatoms. The summed E-state index contributed by atoms with van der Waals surface area (Å²) < 4.78 is 0. The van der Waals surface area contributed by atoms with Gasteiger partial charge in [-0.15, -0.1) is 6.42 Å². The van der Waals surface area contributed by atoms with Crippen LogP contribution in [0.1, 0.15) is 153 Å².